The van der Waals surface area contributed by atoms with Crippen LogP contribution in [0.3, 0.4) is 0 Å². The SMILES string of the molecule is O=C(C/C=C1/CN(C(c2nc3ccccc3o2)C2CC2)N=N1)NO. The molecular formula is C16H17N5O3. The lowest BCUT2D eigenvalue weighted by Gasteiger charge is -2.21. The molecule has 24 heavy (non-hydrogen) atoms. The Kier molecular flexibility index (Phi) is 3.73. The maximum atomic E-state index is 11.1. The first-order chi connectivity index (χ1) is 11.7. The van der Waals surface area contributed by atoms with Crippen molar-refractivity contribution in [3.63, 3.8) is 0 Å². The van der Waals surface area contributed by atoms with E-state index in [1.165, 1.54) is 0 Å². The Bertz CT molecular complexity index is 791. The van der Waals surface area contributed by atoms with Gasteiger partial charge in [0.15, 0.2) is 5.58 Å². The van der Waals surface area contributed by atoms with Gasteiger partial charge in [-0.25, -0.2) is 10.5 Å². The normalized spacial score (nSPS) is 20.0. The Morgan fingerprint density at radius 3 is 3.04 bits per heavy atom. The average Bonchev–Trinajstić information content (AvgIpc) is 3.16. The third-order valence-electron chi connectivity index (χ3n) is 4.21. The number of carbonyl (C=O) groups is 1. The van der Waals surface area contributed by atoms with Gasteiger partial charge in [-0.15, -0.1) is 5.11 Å². The molecule has 8 heteroatoms. The maximum Gasteiger partial charge on any atom is 0.247 e. The number of carbonyl (C=O) groups excluding carboxylic acids is 1. The van der Waals surface area contributed by atoms with Crippen molar-refractivity contribution in [3.05, 3.63) is 41.9 Å². The Hall–Kier alpha value is -2.74. The van der Waals surface area contributed by atoms with Gasteiger partial charge in [-0.3, -0.25) is 15.0 Å². The zero-order chi connectivity index (χ0) is 16.5. The van der Waals surface area contributed by atoms with Crippen LogP contribution >= 0.6 is 0 Å². The van der Waals surface area contributed by atoms with E-state index in [1.807, 2.05) is 29.3 Å². The van der Waals surface area contributed by atoms with Crippen LogP contribution in [-0.2, 0) is 4.79 Å². The third kappa shape index (κ3) is 2.88. The fourth-order valence-corrected chi connectivity index (χ4v) is 2.86. The number of hydrogen-bond acceptors (Lipinski definition) is 7. The number of fused-ring (bicyclic) bond motifs is 1. The summed E-state index contributed by atoms with van der Waals surface area (Å²) >= 11 is 0. The number of oxazole rings is 1. The van der Waals surface area contributed by atoms with Crippen molar-refractivity contribution < 1.29 is 14.4 Å². The van der Waals surface area contributed by atoms with E-state index in [1.54, 1.807) is 11.6 Å². The van der Waals surface area contributed by atoms with Gasteiger partial charge in [0.2, 0.25) is 11.8 Å². The minimum atomic E-state index is -0.478. The number of benzene rings is 1. The lowest BCUT2D eigenvalue weighted by molar-refractivity contribution is -0.128. The van der Waals surface area contributed by atoms with Crippen LogP contribution in [0.2, 0.25) is 0 Å². The Morgan fingerprint density at radius 2 is 2.29 bits per heavy atom. The van der Waals surface area contributed by atoms with Gasteiger partial charge in [0.25, 0.3) is 0 Å². The molecule has 1 atom stereocenters. The van der Waals surface area contributed by atoms with Gasteiger partial charge < -0.3 is 4.42 Å². The molecule has 124 valence electrons. The third-order valence-corrected chi connectivity index (χ3v) is 4.21. The van der Waals surface area contributed by atoms with E-state index in [0.717, 1.165) is 23.9 Å². The van der Waals surface area contributed by atoms with Crippen LogP contribution in [-0.4, -0.2) is 27.7 Å². The van der Waals surface area contributed by atoms with Gasteiger partial charge in [-0.1, -0.05) is 17.4 Å². The van der Waals surface area contributed by atoms with E-state index in [0.29, 0.717) is 24.1 Å². The quantitative estimate of drug-likeness (QED) is 0.649. The number of aromatic nitrogens is 1. The standard InChI is InChI=1S/C16H17N5O3/c22-14(19-23)8-7-11-9-21(20-18-11)15(10-5-6-10)16-17-12-3-1-2-4-13(12)24-16/h1-4,7,10,15,23H,5-6,8-9H2,(H,19,22)/b11-7-. The van der Waals surface area contributed by atoms with Crippen molar-refractivity contribution in [1.82, 2.24) is 15.5 Å². The molecule has 4 rings (SSSR count). The van der Waals surface area contributed by atoms with E-state index in [2.05, 4.69) is 15.3 Å². The monoisotopic (exact) mass is 327 g/mol. The van der Waals surface area contributed by atoms with Gasteiger partial charge in [0, 0.05) is 6.42 Å². The molecule has 2 aliphatic rings. The fourth-order valence-electron chi connectivity index (χ4n) is 2.86. The average molecular weight is 327 g/mol. The summed E-state index contributed by atoms with van der Waals surface area (Å²) in [5.41, 5.74) is 3.90. The zero-order valence-electron chi connectivity index (χ0n) is 12.9. The van der Waals surface area contributed by atoms with E-state index in [4.69, 9.17) is 9.62 Å². The molecule has 1 aromatic heterocycles. The summed E-state index contributed by atoms with van der Waals surface area (Å²) < 4.78 is 5.92. The summed E-state index contributed by atoms with van der Waals surface area (Å²) in [6.45, 7) is 0.499. The number of hydrogen-bond donors (Lipinski definition) is 2. The predicted molar refractivity (Wildman–Crippen MR) is 83.7 cm³/mol. The summed E-state index contributed by atoms with van der Waals surface area (Å²) in [4.78, 5) is 15.7. The van der Waals surface area contributed by atoms with Crippen molar-refractivity contribution in [2.75, 3.05) is 6.54 Å². The number of hydroxylamine groups is 1. The predicted octanol–water partition coefficient (Wildman–Crippen LogP) is 2.74. The molecule has 1 unspecified atom stereocenters. The molecule has 1 aliphatic carbocycles. The van der Waals surface area contributed by atoms with E-state index in [-0.39, 0.29) is 12.5 Å². The van der Waals surface area contributed by atoms with E-state index in [9.17, 15) is 4.79 Å². The van der Waals surface area contributed by atoms with Crippen molar-refractivity contribution >= 4 is 17.0 Å². The molecule has 0 saturated heterocycles. The first-order valence-electron chi connectivity index (χ1n) is 7.90. The van der Waals surface area contributed by atoms with Gasteiger partial charge >= 0.3 is 0 Å². The second-order valence-electron chi connectivity index (χ2n) is 6.02. The minimum Gasteiger partial charge on any atom is -0.438 e. The Balaban J connectivity index is 1.54. The first kappa shape index (κ1) is 14.8. The Labute approximate surface area is 137 Å². The van der Waals surface area contributed by atoms with Crippen LogP contribution in [0.15, 0.2) is 50.8 Å². The Morgan fingerprint density at radius 1 is 1.46 bits per heavy atom. The number of para-hydroxylation sites is 2. The van der Waals surface area contributed by atoms with Gasteiger partial charge in [0.1, 0.15) is 11.6 Å². The molecule has 2 heterocycles. The molecular weight excluding hydrogens is 310 g/mol. The van der Waals surface area contributed by atoms with Gasteiger partial charge in [-0.2, -0.15) is 0 Å². The number of amides is 1. The highest BCUT2D eigenvalue weighted by Gasteiger charge is 2.41. The molecule has 0 bridgehead atoms. The number of nitrogens with zero attached hydrogens (tertiary/aromatic N) is 4. The minimum absolute atomic E-state index is 0.0429. The van der Waals surface area contributed by atoms with E-state index >= 15 is 0 Å². The molecule has 2 aromatic rings. The van der Waals surface area contributed by atoms with Crippen LogP contribution in [0, 0.1) is 5.92 Å². The lowest BCUT2D eigenvalue weighted by atomic mass is 10.1. The molecule has 1 saturated carbocycles. The molecule has 0 spiro atoms. The molecule has 1 aromatic carbocycles. The van der Waals surface area contributed by atoms with Crippen LogP contribution < -0.4 is 5.48 Å². The number of rotatable bonds is 5. The van der Waals surface area contributed by atoms with Crippen LogP contribution in [0.25, 0.3) is 11.1 Å². The van der Waals surface area contributed by atoms with Gasteiger partial charge in [-0.05, 0) is 37.0 Å². The van der Waals surface area contributed by atoms with Crippen molar-refractivity contribution in [3.8, 4) is 0 Å². The summed E-state index contributed by atoms with van der Waals surface area (Å²) in [6.07, 6.45) is 3.95. The maximum absolute atomic E-state index is 11.1. The van der Waals surface area contributed by atoms with E-state index < -0.39 is 5.91 Å². The highest BCUT2D eigenvalue weighted by atomic mass is 16.5. The topological polar surface area (TPSA) is 103 Å². The number of nitrogens with one attached hydrogen (secondary N) is 1. The molecule has 8 nitrogen and oxygen atoms in total. The summed E-state index contributed by atoms with van der Waals surface area (Å²) in [7, 11) is 0. The van der Waals surface area contributed by atoms with Gasteiger partial charge in [0.05, 0.1) is 12.2 Å². The lowest BCUT2D eigenvalue weighted by Crippen LogP contribution is -2.24. The smallest absolute Gasteiger partial charge is 0.247 e. The molecule has 0 radical (unpaired) electrons. The second-order valence-corrected chi connectivity index (χ2v) is 6.02. The molecule has 1 amide bonds. The molecule has 1 fully saturated rings. The van der Waals surface area contributed by atoms with Crippen molar-refractivity contribution in [2.45, 2.75) is 25.3 Å². The summed E-state index contributed by atoms with van der Waals surface area (Å²) in [5.74, 6) is 0.637. The fraction of sp³-hybridized carbons (Fsp3) is 0.375. The van der Waals surface area contributed by atoms with Crippen LogP contribution in [0.1, 0.15) is 31.2 Å². The zero-order valence-corrected chi connectivity index (χ0v) is 12.9. The second kappa shape index (κ2) is 6.04. The molecule has 1 aliphatic heterocycles. The summed E-state index contributed by atoms with van der Waals surface area (Å²) in [5, 5.41) is 18.7. The van der Waals surface area contributed by atoms with Crippen molar-refractivity contribution in [1.29, 1.82) is 0 Å². The van der Waals surface area contributed by atoms with Crippen molar-refractivity contribution in [2.24, 2.45) is 16.3 Å². The summed E-state index contributed by atoms with van der Waals surface area (Å²) in [6, 6.07) is 7.64. The highest BCUT2D eigenvalue weighted by Crippen LogP contribution is 2.46. The van der Waals surface area contributed by atoms with Crippen LogP contribution in [0.5, 0.6) is 0 Å². The van der Waals surface area contributed by atoms with Crippen LogP contribution in [0.4, 0.5) is 0 Å². The molecule has 2 N–H and O–H groups in total. The highest BCUT2D eigenvalue weighted by molar-refractivity contribution is 5.76. The first-order valence-corrected chi connectivity index (χ1v) is 7.90. The largest absolute Gasteiger partial charge is 0.438 e.